The van der Waals surface area contributed by atoms with E-state index in [-0.39, 0.29) is 58.3 Å². The molecule has 5 heterocycles. The number of halogens is 2. The van der Waals surface area contributed by atoms with E-state index in [1.165, 1.54) is 0 Å². The van der Waals surface area contributed by atoms with Gasteiger partial charge in [0, 0.05) is 4.83 Å². The zero-order chi connectivity index (χ0) is 27.9. The molecule has 0 saturated carbocycles. The van der Waals surface area contributed by atoms with Gasteiger partial charge in [-0.15, -0.1) is 11.6 Å². The SMILES string of the molecule is CC1(C)O[C@](C)([C@H]2CC[C@]3(C)O[C@@H]([C@]4(C)CC[C@@H]([C@](C)(O)C[C@H](Cl)[C@H]5OC5(C)C)O4)CC[C@H]3O2)CC[C@H]1Br. The standard InChI is InChI=1S/C30H50BrClO6/c1-25(2)19(31)11-14-30(8,38-25)22-13-16-28(6)21(34-22)9-10-23(36-28)29(7)15-12-20(35-29)27(5,33)17-18(32)24-26(3,4)37-24/h18-24,33H,9-17H2,1-8H3/t18-,19+,20-,21+,22+,23+,24+,27+,28-,29-,30-/m0/s1. The first-order valence-electron chi connectivity index (χ1n) is 14.8. The molecule has 11 atom stereocenters. The Morgan fingerprint density at radius 3 is 1.97 bits per heavy atom. The molecular formula is C30H50BrClO6. The van der Waals surface area contributed by atoms with Gasteiger partial charge in [-0.3, -0.25) is 0 Å². The van der Waals surface area contributed by atoms with E-state index >= 15 is 0 Å². The first kappa shape index (κ1) is 30.0. The molecule has 0 spiro atoms. The van der Waals surface area contributed by atoms with Crippen LogP contribution < -0.4 is 0 Å². The number of ether oxygens (including phenoxy) is 5. The van der Waals surface area contributed by atoms with Crippen LogP contribution in [0.25, 0.3) is 0 Å². The smallest absolute Gasteiger partial charge is 0.103 e. The van der Waals surface area contributed by atoms with Crippen molar-refractivity contribution in [3.63, 3.8) is 0 Å². The van der Waals surface area contributed by atoms with Crippen molar-refractivity contribution in [1.82, 2.24) is 0 Å². The van der Waals surface area contributed by atoms with Crippen LogP contribution in [0, 0.1) is 0 Å². The van der Waals surface area contributed by atoms with Crippen molar-refractivity contribution in [1.29, 1.82) is 0 Å². The number of aliphatic hydroxyl groups is 1. The summed E-state index contributed by atoms with van der Waals surface area (Å²) in [7, 11) is 0. The molecule has 0 aliphatic carbocycles. The Kier molecular flexibility index (Phi) is 7.73. The minimum Gasteiger partial charge on any atom is -0.387 e. The number of hydrogen-bond donors (Lipinski definition) is 1. The summed E-state index contributed by atoms with van der Waals surface area (Å²) in [5, 5.41) is 11.1. The van der Waals surface area contributed by atoms with E-state index in [9.17, 15) is 5.11 Å². The molecule has 5 aliphatic heterocycles. The van der Waals surface area contributed by atoms with Gasteiger partial charge >= 0.3 is 0 Å². The van der Waals surface area contributed by atoms with Crippen LogP contribution in [0.3, 0.4) is 0 Å². The van der Waals surface area contributed by atoms with Crippen LogP contribution in [0.15, 0.2) is 0 Å². The number of epoxide rings is 1. The van der Waals surface area contributed by atoms with E-state index in [1.54, 1.807) is 0 Å². The monoisotopic (exact) mass is 620 g/mol. The molecule has 5 aliphatic rings. The Morgan fingerprint density at radius 1 is 0.789 bits per heavy atom. The fourth-order valence-electron chi connectivity index (χ4n) is 7.74. The quantitative estimate of drug-likeness (QED) is 0.272. The highest BCUT2D eigenvalue weighted by Gasteiger charge is 2.58. The molecule has 0 aromatic heterocycles. The van der Waals surface area contributed by atoms with Crippen molar-refractivity contribution >= 4 is 27.5 Å². The molecule has 0 aromatic rings. The summed E-state index contributed by atoms with van der Waals surface area (Å²) in [6.07, 6.45) is 7.64. The molecule has 5 rings (SSSR count). The molecule has 1 N–H and O–H groups in total. The summed E-state index contributed by atoms with van der Waals surface area (Å²) in [5.41, 5.74) is -2.52. The zero-order valence-corrected chi connectivity index (χ0v) is 27.0. The van der Waals surface area contributed by atoms with Crippen molar-refractivity contribution in [3.05, 3.63) is 0 Å². The van der Waals surface area contributed by atoms with Crippen LogP contribution in [0.1, 0.15) is 113 Å². The summed E-state index contributed by atoms with van der Waals surface area (Å²) >= 11 is 10.5. The van der Waals surface area contributed by atoms with Crippen molar-refractivity contribution in [2.45, 2.75) is 188 Å². The fourth-order valence-corrected chi connectivity index (χ4v) is 8.73. The number of fused-ring (bicyclic) bond motifs is 1. The normalized spacial score (nSPS) is 50.6. The van der Waals surface area contributed by atoms with Gasteiger partial charge in [-0.05, 0) is 113 Å². The minimum atomic E-state index is -1.02. The highest BCUT2D eigenvalue weighted by atomic mass is 79.9. The third-order valence-electron chi connectivity index (χ3n) is 10.5. The number of alkyl halides is 2. The second-order valence-corrected chi connectivity index (χ2v) is 16.5. The highest BCUT2D eigenvalue weighted by Crippen LogP contribution is 2.51. The van der Waals surface area contributed by atoms with E-state index < -0.39 is 11.2 Å². The molecule has 5 saturated heterocycles. The lowest BCUT2D eigenvalue weighted by molar-refractivity contribution is -0.304. The first-order chi connectivity index (χ1) is 17.4. The van der Waals surface area contributed by atoms with Gasteiger partial charge in [0.15, 0.2) is 0 Å². The first-order valence-corrected chi connectivity index (χ1v) is 16.1. The van der Waals surface area contributed by atoms with Crippen LogP contribution in [0.4, 0.5) is 0 Å². The molecule has 220 valence electrons. The maximum absolute atomic E-state index is 11.4. The van der Waals surface area contributed by atoms with Crippen molar-refractivity contribution in [2.75, 3.05) is 0 Å². The Hall–Kier alpha value is 0.530. The lowest BCUT2D eigenvalue weighted by Gasteiger charge is -2.56. The highest BCUT2D eigenvalue weighted by molar-refractivity contribution is 9.09. The van der Waals surface area contributed by atoms with Gasteiger partial charge < -0.3 is 28.8 Å². The molecule has 0 unspecified atom stereocenters. The van der Waals surface area contributed by atoms with Crippen LogP contribution in [0.5, 0.6) is 0 Å². The average molecular weight is 622 g/mol. The third kappa shape index (κ3) is 5.50. The molecule has 0 radical (unpaired) electrons. The predicted octanol–water partition coefficient (Wildman–Crippen LogP) is 6.45. The van der Waals surface area contributed by atoms with Gasteiger partial charge in [0.1, 0.15) is 6.10 Å². The topological polar surface area (TPSA) is 69.7 Å². The summed E-state index contributed by atoms with van der Waals surface area (Å²) in [5.74, 6) is 0. The molecule has 0 aromatic carbocycles. The van der Waals surface area contributed by atoms with E-state index in [4.69, 9.17) is 35.3 Å². The number of rotatable bonds is 6. The van der Waals surface area contributed by atoms with E-state index in [0.29, 0.717) is 11.2 Å². The van der Waals surface area contributed by atoms with E-state index in [1.807, 2.05) is 20.8 Å². The van der Waals surface area contributed by atoms with Crippen LogP contribution >= 0.6 is 27.5 Å². The molecule has 0 amide bonds. The number of hydrogen-bond acceptors (Lipinski definition) is 6. The molecule has 8 heteroatoms. The largest absolute Gasteiger partial charge is 0.387 e. The van der Waals surface area contributed by atoms with Crippen LogP contribution in [-0.2, 0) is 23.7 Å². The minimum absolute atomic E-state index is 0.0228. The molecule has 5 fully saturated rings. The summed E-state index contributed by atoms with van der Waals surface area (Å²) in [6.45, 7) is 16.9. The lowest BCUT2D eigenvalue weighted by atomic mass is 9.75. The summed E-state index contributed by atoms with van der Waals surface area (Å²) in [6, 6.07) is 0. The summed E-state index contributed by atoms with van der Waals surface area (Å²) in [4.78, 5) is 0.358. The third-order valence-corrected chi connectivity index (χ3v) is 12.5. The zero-order valence-electron chi connectivity index (χ0n) is 24.6. The van der Waals surface area contributed by atoms with Gasteiger partial charge in [-0.1, -0.05) is 15.9 Å². The molecule has 38 heavy (non-hydrogen) atoms. The van der Waals surface area contributed by atoms with E-state index in [0.717, 1.165) is 51.4 Å². The van der Waals surface area contributed by atoms with Gasteiger partial charge in [0.2, 0.25) is 0 Å². The van der Waals surface area contributed by atoms with Crippen molar-refractivity contribution < 1.29 is 28.8 Å². The second kappa shape index (κ2) is 9.79. The Morgan fingerprint density at radius 2 is 1.34 bits per heavy atom. The Labute approximate surface area is 243 Å². The van der Waals surface area contributed by atoms with E-state index in [2.05, 4.69) is 50.5 Å². The van der Waals surface area contributed by atoms with Crippen LogP contribution in [0.2, 0.25) is 0 Å². The van der Waals surface area contributed by atoms with Crippen molar-refractivity contribution in [3.8, 4) is 0 Å². The van der Waals surface area contributed by atoms with Gasteiger partial charge in [0.05, 0.1) is 63.4 Å². The lowest BCUT2D eigenvalue weighted by Crippen LogP contribution is -2.63. The maximum atomic E-state index is 11.4. The maximum Gasteiger partial charge on any atom is 0.103 e. The van der Waals surface area contributed by atoms with Crippen molar-refractivity contribution in [2.24, 2.45) is 0 Å². The van der Waals surface area contributed by atoms with Crippen LogP contribution in [-0.4, -0.2) is 79.4 Å². The molecule has 6 nitrogen and oxygen atoms in total. The molecular weight excluding hydrogens is 572 g/mol. The second-order valence-electron chi connectivity index (χ2n) is 14.8. The van der Waals surface area contributed by atoms with Gasteiger partial charge in [0.25, 0.3) is 0 Å². The Balaban J connectivity index is 1.19. The van der Waals surface area contributed by atoms with Gasteiger partial charge in [-0.25, -0.2) is 0 Å². The molecule has 0 bridgehead atoms. The average Bonchev–Trinajstić information content (AvgIpc) is 3.25. The van der Waals surface area contributed by atoms with Gasteiger partial charge in [-0.2, -0.15) is 0 Å². The fraction of sp³-hybridized carbons (Fsp3) is 1.00. The summed E-state index contributed by atoms with van der Waals surface area (Å²) < 4.78 is 32.7. The Bertz CT molecular complexity index is 898. The predicted molar refractivity (Wildman–Crippen MR) is 152 cm³/mol.